The molecule has 0 aliphatic heterocycles. The number of hydrogen-bond donors (Lipinski definition) is 0. The first-order valence-corrected chi connectivity index (χ1v) is 7.45. The van der Waals surface area contributed by atoms with Crippen LogP contribution in [0.25, 0.3) is 5.69 Å². The van der Waals surface area contributed by atoms with Crippen LogP contribution in [-0.4, -0.2) is 10.4 Å². The second-order valence-electron chi connectivity index (χ2n) is 4.85. The summed E-state index contributed by atoms with van der Waals surface area (Å²) in [5, 5.41) is 0.699. The van der Waals surface area contributed by atoms with Crippen LogP contribution in [-0.2, 0) is 6.42 Å². The number of nitrogens with zero attached hydrogens (tertiary/aromatic N) is 1. The standard InChI is InChI=1S/C15H13BrClNO/c1-9-7-11-13(3-2-4-15(11)19)18(9)14-6-5-10(17)8-12(14)16/h5-8H,2-4H2,1H3. The third-order valence-electron chi connectivity index (χ3n) is 3.56. The Hall–Kier alpha value is -1.06. The van der Waals surface area contributed by atoms with Gasteiger partial charge in [0, 0.05) is 32.9 Å². The molecular weight excluding hydrogens is 326 g/mol. The summed E-state index contributed by atoms with van der Waals surface area (Å²) in [4.78, 5) is 12.0. The van der Waals surface area contributed by atoms with E-state index in [0.717, 1.165) is 40.0 Å². The smallest absolute Gasteiger partial charge is 0.164 e. The Kier molecular flexibility index (Phi) is 3.27. The molecular formula is C15H13BrClNO. The molecule has 1 aromatic heterocycles. The lowest BCUT2D eigenvalue weighted by atomic mass is 9.96. The normalized spacial score (nSPS) is 14.6. The van der Waals surface area contributed by atoms with Gasteiger partial charge in [-0.25, -0.2) is 0 Å². The maximum absolute atomic E-state index is 12.0. The van der Waals surface area contributed by atoms with Crippen molar-refractivity contribution in [1.82, 2.24) is 4.57 Å². The van der Waals surface area contributed by atoms with Crippen LogP contribution < -0.4 is 0 Å². The van der Waals surface area contributed by atoms with Gasteiger partial charge < -0.3 is 4.57 Å². The SMILES string of the molecule is Cc1cc2c(n1-c1ccc(Cl)cc1Br)CCCC2=O. The Morgan fingerprint density at radius 3 is 2.79 bits per heavy atom. The van der Waals surface area contributed by atoms with Gasteiger partial charge in [-0.3, -0.25) is 4.79 Å². The van der Waals surface area contributed by atoms with Gasteiger partial charge in [0.2, 0.25) is 0 Å². The quantitative estimate of drug-likeness (QED) is 0.737. The van der Waals surface area contributed by atoms with Crippen molar-refractivity contribution in [3.05, 3.63) is 50.7 Å². The van der Waals surface area contributed by atoms with Crippen molar-refractivity contribution in [1.29, 1.82) is 0 Å². The van der Waals surface area contributed by atoms with Crippen LogP contribution in [0.4, 0.5) is 0 Å². The molecule has 1 heterocycles. The fraction of sp³-hybridized carbons (Fsp3) is 0.267. The van der Waals surface area contributed by atoms with Gasteiger partial charge in [-0.05, 0) is 60.0 Å². The molecule has 0 spiro atoms. The summed E-state index contributed by atoms with van der Waals surface area (Å²) < 4.78 is 3.10. The second kappa shape index (κ2) is 4.80. The van der Waals surface area contributed by atoms with Gasteiger partial charge in [-0.15, -0.1) is 0 Å². The largest absolute Gasteiger partial charge is 0.316 e. The highest BCUT2D eigenvalue weighted by Crippen LogP contribution is 2.32. The van der Waals surface area contributed by atoms with Gasteiger partial charge in [0.25, 0.3) is 0 Å². The molecule has 0 N–H and O–H groups in total. The number of Topliss-reactive ketones (excluding diaryl/α,β-unsaturated/α-hetero) is 1. The topological polar surface area (TPSA) is 22.0 Å². The molecule has 0 bridgehead atoms. The number of carbonyl (C=O) groups is 1. The van der Waals surface area contributed by atoms with Crippen LogP contribution in [0.15, 0.2) is 28.7 Å². The number of benzene rings is 1. The van der Waals surface area contributed by atoms with Crippen LogP contribution in [0, 0.1) is 6.92 Å². The average Bonchev–Trinajstić information content (AvgIpc) is 2.68. The summed E-state index contributed by atoms with van der Waals surface area (Å²) in [6, 6.07) is 7.74. The van der Waals surface area contributed by atoms with Crippen molar-refractivity contribution in [3.63, 3.8) is 0 Å². The maximum Gasteiger partial charge on any atom is 0.164 e. The first-order valence-electron chi connectivity index (χ1n) is 6.28. The summed E-state index contributed by atoms with van der Waals surface area (Å²) >= 11 is 9.55. The Morgan fingerprint density at radius 2 is 2.05 bits per heavy atom. The van der Waals surface area contributed by atoms with E-state index in [1.54, 1.807) is 0 Å². The van der Waals surface area contributed by atoms with Crippen molar-refractivity contribution >= 4 is 33.3 Å². The van der Waals surface area contributed by atoms with Crippen molar-refractivity contribution in [2.24, 2.45) is 0 Å². The first kappa shape index (κ1) is 12.9. The molecule has 0 saturated heterocycles. The number of aromatic nitrogens is 1. The zero-order valence-electron chi connectivity index (χ0n) is 10.5. The first-order chi connectivity index (χ1) is 9.08. The number of carbonyl (C=O) groups excluding carboxylic acids is 1. The molecule has 0 unspecified atom stereocenters. The lowest BCUT2D eigenvalue weighted by Crippen LogP contribution is -2.12. The molecule has 4 heteroatoms. The Morgan fingerprint density at radius 1 is 1.26 bits per heavy atom. The fourth-order valence-corrected chi connectivity index (χ4v) is 3.59. The molecule has 19 heavy (non-hydrogen) atoms. The van der Waals surface area contributed by atoms with Crippen molar-refractivity contribution in [3.8, 4) is 5.69 Å². The van der Waals surface area contributed by atoms with Gasteiger partial charge in [0.15, 0.2) is 5.78 Å². The molecule has 1 aliphatic rings. The molecule has 98 valence electrons. The van der Waals surface area contributed by atoms with E-state index in [1.165, 1.54) is 0 Å². The van der Waals surface area contributed by atoms with Crippen LogP contribution in [0.3, 0.4) is 0 Å². The van der Waals surface area contributed by atoms with Crippen molar-refractivity contribution in [2.45, 2.75) is 26.2 Å². The third-order valence-corrected chi connectivity index (χ3v) is 4.43. The molecule has 3 rings (SSSR count). The zero-order valence-corrected chi connectivity index (χ0v) is 12.9. The molecule has 2 nitrogen and oxygen atoms in total. The molecule has 0 saturated carbocycles. The highest BCUT2D eigenvalue weighted by atomic mass is 79.9. The summed E-state index contributed by atoms with van der Waals surface area (Å²) in [5.41, 5.74) is 4.13. The van der Waals surface area contributed by atoms with E-state index in [9.17, 15) is 4.79 Å². The molecule has 1 aliphatic carbocycles. The van der Waals surface area contributed by atoms with Gasteiger partial charge in [-0.2, -0.15) is 0 Å². The highest BCUT2D eigenvalue weighted by Gasteiger charge is 2.23. The van der Waals surface area contributed by atoms with Crippen molar-refractivity contribution in [2.75, 3.05) is 0 Å². The second-order valence-corrected chi connectivity index (χ2v) is 6.14. The summed E-state index contributed by atoms with van der Waals surface area (Å²) in [6.45, 7) is 2.03. The van der Waals surface area contributed by atoms with Crippen LogP contribution in [0.2, 0.25) is 5.02 Å². The molecule has 2 aromatic rings. The Labute approximate surface area is 125 Å². The minimum atomic E-state index is 0.258. The highest BCUT2D eigenvalue weighted by molar-refractivity contribution is 9.10. The third kappa shape index (κ3) is 2.15. The number of aryl methyl sites for hydroxylation is 1. The van der Waals surface area contributed by atoms with Gasteiger partial charge in [-0.1, -0.05) is 11.6 Å². The minimum Gasteiger partial charge on any atom is -0.316 e. The van der Waals surface area contributed by atoms with Gasteiger partial charge in [0.05, 0.1) is 5.69 Å². The Bertz CT molecular complexity index is 675. The monoisotopic (exact) mass is 337 g/mol. The number of ketones is 1. The predicted octanol–water partition coefficient (Wildman–Crippen LogP) is 4.72. The van der Waals surface area contributed by atoms with E-state index in [4.69, 9.17) is 11.6 Å². The van der Waals surface area contributed by atoms with E-state index < -0.39 is 0 Å². The maximum atomic E-state index is 12.0. The van der Waals surface area contributed by atoms with Crippen LogP contribution in [0.5, 0.6) is 0 Å². The molecule has 1 aromatic carbocycles. The molecule has 0 fully saturated rings. The van der Waals surface area contributed by atoms with E-state index in [2.05, 4.69) is 20.5 Å². The lowest BCUT2D eigenvalue weighted by Gasteiger charge is -2.17. The fourth-order valence-electron chi connectivity index (χ4n) is 2.73. The Balaban J connectivity index is 2.23. The van der Waals surface area contributed by atoms with E-state index in [-0.39, 0.29) is 5.78 Å². The molecule has 0 radical (unpaired) electrons. The number of fused-ring (bicyclic) bond motifs is 1. The number of hydrogen-bond acceptors (Lipinski definition) is 1. The predicted molar refractivity (Wildman–Crippen MR) is 80.5 cm³/mol. The van der Waals surface area contributed by atoms with Gasteiger partial charge >= 0.3 is 0 Å². The summed E-state index contributed by atoms with van der Waals surface area (Å²) in [6.07, 6.45) is 2.54. The summed E-state index contributed by atoms with van der Waals surface area (Å²) in [5.74, 6) is 0.258. The van der Waals surface area contributed by atoms with E-state index in [0.29, 0.717) is 11.4 Å². The van der Waals surface area contributed by atoms with Gasteiger partial charge in [0.1, 0.15) is 0 Å². The molecule has 0 amide bonds. The average molecular weight is 339 g/mol. The minimum absolute atomic E-state index is 0.258. The van der Waals surface area contributed by atoms with Crippen LogP contribution in [0.1, 0.15) is 34.6 Å². The zero-order chi connectivity index (χ0) is 13.6. The number of halogens is 2. The summed E-state index contributed by atoms with van der Waals surface area (Å²) in [7, 11) is 0. The lowest BCUT2D eigenvalue weighted by molar-refractivity contribution is 0.0972. The molecule has 0 atom stereocenters. The van der Waals surface area contributed by atoms with E-state index >= 15 is 0 Å². The van der Waals surface area contributed by atoms with Crippen molar-refractivity contribution < 1.29 is 4.79 Å². The van der Waals surface area contributed by atoms with Crippen LogP contribution >= 0.6 is 27.5 Å². The number of rotatable bonds is 1. The van der Waals surface area contributed by atoms with E-state index in [1.807, 2.05) is 31.2 Å².